The zero-order valence-corrected chi connectivity index (χ0v) is 21.8. The molecule has 0 bridgehead atoms. The topological polar surface area (TPSA) is 74.7 Å². The molecule has 0 aliphatic rings. The van der Waals surface area contributed by atoms with Gasteiger partial charge in [-0.15, -0.1) is 0 Å². The molecule has 0 saturated heterocycles. The first-order valence-corrected chi connectivity index (χ1v) is 14.8. The van der Waals surface area contributed by atoms with Crippen molar-refractivity contribution in [2.45, 2.75) is 129 Å². The Bertz CT molecular complexity index is 560. The lowest BCUT2D eigenvalue weighted by Gasteiger charge is -2.16. The summed E-state index contributed by atoms with van der Waals surface area (Å²) in [6, 6.07) is 0. The molecular formula is C26H51NO4S. The first-order chi connectivity index (χ1) is 15.4. The zero-order chi connectivity index (χ0) is 23.9. The fraction of sp³-hybridized carbons (Fsp3) is 0.885. The first kappa shape index (κ1) is 31.1. The minimum Gasteiger partial charge on any atom is -0.346 e. The van der Waals surface area contributed by atoms with Gasteiger partial charge in [0.25, 0.3) is 10.1 Å². The first-order valence-electron chi connectivity index (χ1n) is 13.2. The van der Waals surface area contributed by atoms with Crippen LogP contribution < -0.4 is 0 Å². The van der Waals surface area contributed by atoms with Crippen LogP contribution in [0.4, 0.5) is 0 Å². The van der Waals surface area contributed by atoms with Crippen LogP contribution in [-0.4, -0.2) is 43.1 Å². The van der Waals surface area contributed by atoms with Gasteiger partial charge in [0.2, 0.25) is 5.91 Å². The van der Waals surface area contributed by atoms with E-state index in [1.165, 1.54) is 96.3 Å². The lowest BCUT2D eigenvalue weighted by molar-refractivity contribution is -0.130. The summed E-state index contributed by atoms with van der Waals surface area (Å²) in [6.45, 7) is 2.63. The second-order valence-corrected chi connectivity index (χ2v) is 10.8. The van der Waals surface area contributed by atoms with Crippen LogP contribution in [0.25, 0.3) is 0 Å². The van der Waals surface area contributed by atoms with E-state index in [2.05, 4.69) is 19.1 Å². The summed E-state index contributed by atoms with van der Waals surface area (Å²) in [5.74, 6) is -0.234. The lowest BCUT2D eigenvalue weighted by atomic mass is 10.1. The van der Waals surface area contributed by atoms with Crippen LogP contribution in [0.1, 0.15) is 129 Å². The minimum absolute atomic E-state index is 0.0568. The van der Waals surface area contributed by atoms with E-state index >= 15 is 0 Å². The van der Waals surface area contributed by atoms with E-state index in [9.17, 15) is 13.2 Å². The normalized spacial score (nSPS) is 12.0. The van der Waals surface area contributed by atoms with Gasteiger partial charge in [-0.3, -0.25) is 9.35 Å². The molecule has 6 heteroatoms. The number of carbonyl (C=O) groups excluding carboxylic acids is 1. The Hall–Kier alpha value is -0.880. The Morgan fingerprint density at radius 2 is 1.16 bits per heavy atom. The summed E-state index contributed by atoms with van der Waals surface area (Å²) >= 11 is 0. The third kappa shape index (κ3) is 23.8. The summed E-state index contributed by atoms with van der Waals surface area (Å²) in [4.78, 5) is 13.6. The molecule has 0 atom stereocenters. The quantitative estimate of drug-likeness (QED) is 0.0958. The predicted molar refractivity (Wildman–Crippen MR) is 137 cm³/mol. The molecule has 32 heavy (non-hydrogen) atoms. The van der Waals surface area contributed by atoms with E-state index in [1.807, 2.05) is 0 Å². The SMILES string of the molecule is CCCCCCCC/C=C\CCCCCCCCCCCC(=O)N(C)CCCS(=O)(=O)O. The van der Waals surface area contributed by atoms with Crippen LogP contribution in [0, 0.1) is 0 Å². The van der Waals surface area contributed by atoms with Crippen molar-refractivity contribution < 1.29 is 17.8 Å². The van der Waals surface area contributed by atoms with E-state index in [-0.39, 0.29) is 18.1 Å². The van der Waals surface area contributed by atoms with Gasteiger partial charge in [0.1, 0.15) is 0 Å². The molecule has 0 aliphatic carbocycles. The molecule has 0 fully saturated rings. The van der Waals surface area contributed by atoms with Crippen molar-refractivity contribution in [1.82, 2.24) is 4.90 Å². The maximum atomic E-state index is 12.0. The smallest absolute Gasteiger partial charge is 0.264 e. The molecule has 1 amide bonds. The third-order valence-electron chi connectivity index (χ3n) is 5.97. The monoisotopic (exact) mass is 473 g/mol. The average molecular weight is 474 g/mol. The fourth-order valence-corrected chi connectivity index (χ4v) is 4.35. The molecule has 0 aliphatic heterocycles. The van der Waals surface area contributed by atoms with Gasteiger partial charge in [0.15, 0.2) is 0 Å². The number of hydrogen-bond acceptors (Lipinski definition) is 3. The Balaban J connectivity index is 3.33. The Morgan fingerprint density at radius 1 is 0.719 bits per heavy atom. The highest BCUT2D eigenvalue weighted by molar-refractivity contribution is 7.85. The summed E-state index contributed by atoms with van der Waals surface area (Å²) in [5.41, 5.74) is 0. The molecule has 1 N–H and O–H groups in total. The number of allylic oxidation sites excluding steroid dienone is 2. The van der Waals surface area contributed by atoms with Gasteiger partial charge >= 0.3 is 0 Å². The van der Waals surface area contributed by atoms with E-state index in [4.69, 9.17) is 4.55 Å². The number of unbranched alkanes of at least 4 members (excludes halogenated alkanes) is 15. The molecule has 5 nitrogen and oxygen atoms in total. The van der Waals surface area contributed by atoms with Crippen LogP contribution >= 0.6 is 0 Å². The number of rotatable bonds is 23. The van der Waals surface area contributed by atoms with Crippen molar-refractivity contribution in [3.05, 3.63) is 12.2 Å². The molecule has 0 spiro atoms. The Kier molecular flexibility index (Phi) is 21.3. The highest BCUT2D eigenvalue weighted by atomic mass is 32.2. The second-order valence-electron chi connectivity index (χ2n) is 9.20. The third-order valence-corrected chi connectivity index (χ3v) is 6.78. The van der Waals surface area contributed by atoms with E-state index in [0.29, 0.717) is 13.0 Å². The van der Waals surface area contributed by atoms with E-state index in [0.717, 1.165) is 12.8 Å². The van der Waals surface area contributed by atoms with E-state index < -0.39 is 10.1 Å². The summed E-state index contributed by atoms with van der Waals surface area (Å²) in [6.07, 6.45) is 27.3. The standard InChI is InChI=1S/C26H51NO4S/c1-3-4-5-6-7-8-9-10-11-12-13-14-15-16-17-18-19-20-21-23-26(28)27(2)24-22-25-32(29,30)31/h10-11H,3-9,12-25H2,1-2H3,(H,29,30,31)/b11-10-. The van der Waals surface area contributed by atoms with Gasteiger partial charge in [-0.2, -0.15) is 8.42 Å². The second kappa shape index (κ2) is 21.9. The average Bonchev–Trinajstić information content (AvgIpc) is 2.74. The zero-order valence-electron chi connectivity index (χ0n) is 21.0. The highest BCUT2D eigenvalue weighted by Gasteiger charge is 2.10. The van der Waals surface area contributed by atoms with Gasteiger partial charge in [-0.05, 0) is 38.5 Å². The van der Waals surface area contributed by atoms with Crippen LogP contribution in [0.3, 0.4) is 0 Å². The van der Waals surface area contributed by atoms with Crippen LogP contribution in [0.2, 0.25) is 0 Å². The lowest BCUT2D eigenvalue weighted by Crippen LogP contribution is -2.28. The molecular weight excluding hydrogens is 422 g/mol. The van der Waals surface area contributed by atoms with Crippen molar-refractivity contribution in [1.29, 1.82) is 0 Å². The van der Waals surface area contributed by atoms with Crippen molar-refractivity contribution in [3.63, 3.8) is 0 Å². The summed E-state index contributed by atoms with van der Waals surface area (Å²) in [5, 5.41) is 0. The van der Waals surface area contributed by atoms with Crippen molar-refractivity contribution in [3.8, 4) is 0 Å². The predicted octanol–water partition coefficient (Wildman–Crippen LogP) is 7.32. The molecule has 0 radical (unpaired) electrons. The maximum absolute atomic E-state index is 12.0. The molecule has 0 unspecified atom stereocenters. The Labute approximate surface area is 199 Å². The van der Waals surface area contributed by atoms with Gasteiger partial charge in [0, 0.05) is 20.0 Å². The van der Waals surface area contributed by atoms with Gasteiger partial charge in [-0.1, -0.05) is 96.1 Å². The molecule has 0 saturated carbocycles. The molecule has 0 aromatic heterocycles. The minimum atomic E-state index is -3.93. The van der Waals surface area contributed by atoms with Crippen molar-refractivity contribution in [2.75, 3.05) is 19.3 Å². The van der Waals surface area contributed by atoms with Crippen LogP contribution in [0.15, 0.2) is 12.2 Å². The van der Waals surface area contributed by atoms with Gasteiger partial charge < -0.3 is 4.90 Å². The summed E-state index contributed by atoms with van der Waals surface area (Å²) in [7, 11) is -2.24. The Morgan fingerprint density at radius 3 is 1.62 bits per heavy atom. The molecule has 0 heterocycles. The maximum Gasteiger partial charge on any atom is 0.264 e. The number of carbonyl (C=O) groups is 1. The van der Waals surface area contributed by atoms with Crippen LogP contribution in [0.5, 0.6) is 0 Å². The number of nitrogens with zero attached hydrogens (tertiary/aromatic N) is 1. The van der Waals surface area contributed by atoms with Crippen LogP contribution in [-0.2, 0) is 14.9 Å². The summed E-state index contributed by atoms with van der Waals surface area (Å²) < 4.78 is 30.1. The number of hydrogen-bond donors (Lipinski definition) is 1. The molecule has 190 valence electrons. The van der Waals surface area contributed by atoms with Gasteiger partial charge in [0.05, 0.1) is 5.75 Å². The highest BCUT2D eigenvalue weighted by Crippen LogP contribution is 2.13. The fourth-order valence-electron chi connectivity index (χ4n) is 3.85. The van der Waals surface area contributed by atoms with E-state index in [1.54, 1.807) is 11.9 Å². The molecule has 0 aromatic rings. The molecule has 0 rings (SSSR count). The largest absolute Gasteiger partial charge is 0.346 e. The van der Waals surface area contributed by atoms with Gasteiger partial charge in [-0.25, -0.2) is 0 Å². The van der Waals surface area contributed by atoms with Crippen molar-refractivity contribution >= 4 is 16.0 Å². The number of amides is 1. The van der Waals surface area contributed by atoms with Crippen molar-refractivity contribution in [2.24, 2.45) is 0 Å². The molecule has 0 aromatic carbocycles.